The fraction of sp³-hybridized carbons (Fsp3) is 0.419. The maximum absolute atomic E-state index is 12.9. The maximum atomic E-state index is 12.9. The highest BCUT2D eigenvalue weighted by atomic mass is 32.2. The zero-order valence-corrected chi connectivity index (χ0v) is 23.5. The first kappa shape index (κ1) is 25.8. The molecule has 3 aliphatic rings. The molecule has 0 heterocycles. The van der Waals surface area contributed by atoms with Crippen LogP contribution in [-0.4, -0.2) is 21.6 Å². The molecule has 2 saturated carbocycles. The van der Waals surface area contributed by atoms with E-state index >= 15 is 0 Å². The Balaban J connectivity index is 1.22. The lowest BCUT2D eigenvalue weighted by Gasteiger charge is -2.50. The second kappa shape index (κ2) is 10.2. The summed E-state index contributed by atoms with van der Waals surface area (Å²) >= 11 is 1.52. The van der Waals surface area contributed by atoms with E-state index in [1.807, 2.05) is 18.2 Å². The van der Waals surface area contributed by atoms with Gasteiger partial charge in [-0.2, -0.15) is 8.42 Å². The highest BCUT2D eigenvalue weighted by Crippen LogP contribution is 2.62. The fourth-order valence-corrected chi connectivity index (χ4v) is 9.02. The third kappa shape index (κ3) is 4.63. The quantitative estimate of drug-likeness (QED) is 0.225. The summed E-state index contributed by atoms with van der Waals surface area (Å²) < 4.78 is 43.5. The van der Waals surface area contributed by atoms with Crippen LogP contribution in [0.1, 0.15) is 56.1 Å². The van der Waals surface area contributed by atoms with Gasteiger partial charge >= 0.3 is 10.1 Å². The van der Waals surface area contributed by atoms with Gasteiger partial charge in [0.2, 0.25) is 0 Å². The summed E-state index contributed by atoms with van der Waals surface area (Å²) in [4.78, 5) is 1.29. The van der Waals surface area contributed by atoms with E-state index in [9.17, 15) is 8.42 Å². The van der Waals surface area contributed by atoms with Gasteiger partial charge in [0.15, 0.2) is 11.5 Å². The van der Waals surface area contributed by atoms with E-state index < -0.39 is 10.1 Å². The predicted octanol–water partition coefficient (Wildman–Crippen LogP) is 7.41. The summed E-state index contributed by atoms with van der Waals surface area (Å²) in [6.45, 7) is 2.44. The number of hydrogen-bond donors (Lipinski definition) is 0. The SMILES string of the molecule is COc1cc2c(cc1OS(=O)(=O)c1ccccc1)CCC1C2CC[C@]2(C)C(OSc3ccccc3)CCC12. The molecule has 0 aromatic heterocycles. The molecule has 38 heavy (non-hydrogen) atoms. The number of rotatable bonds is 7. The first-order valence-corrected chi connectivity index (χ1v) is 15.6. The van der Waals surface area contributed by atoms with Crippen LogP contribution in [0.25, 0.3) is 0 Å². The maximum Gasteiger partial charge on any atom is 0.339 e. The van der Waals surface area contributed by atoms with Gasteiger partial charge in [-0.25, -0.2) is 0 Å². The van der Waals surface area contributed by atoms with Crippen molar-refractivity contribution in [3.63, 3.8) is 0 Å². The summed E-state index contributed by atoms with van der Waals surface area (Å²) in [6, 6.07) is 22.5. The molecule has 0 saturated heterocycles. The molecule has 0 aliphatic heterocycles. The van der Waals surface area contributed by atoms with Crippen molar-refractivity contribution in [2.24, 2.45) is 17.3 Å². The number of fused-ring (bicyclic) bond motifs is 5. The van der Waals surface area contributed by atoms with E-state index in [-0.39, 0.29) is 22.2 Å². The Morgan fingerprint density at radius 2 is 1.63 bits per heavy atom. The van der Waals surface area contributed by atoms with E-state index in [0.29, 0.717) is 23.5 Å². The summed E-state index contributed by atoms with van der Waals surface area (Å²) in [7, 11) is -2.37. The molecule has 200 valence electrons. The molecule has 0 spiro atoms. The zero-order chi connectivity index (χ0) is 26.3. The van der Waals surface area contributed by atoms with Gasteiger partial charge in [0.05, 0.1) is 13.2 Å². The van der Waals surface area contributed by atoms with Gasteiger partial charge in [0, 0.05) is 16.9 Å². The first-order valence-electron chi connectivity index (χ1n) is 13.5. The van der Waals surface area contributed by atoms with Crippen molar-refractivity contribution in [1.29, 1.82) is 0 Å². The van der Waals surface area contributed by atoms with Crippen LogP contribution in [0.15, 0.2) is 82.6 Å². The standard InChI is InChI=1S/C31H34O5S2/c1-31-18-17-24-25(27(31)15-16-30(31)35-37-22-9-5-3-6-10-22)14-13-21-19-29(28(34-2)20-26(21)24)36-38(32,33)23-11-7-4-8-12-23/h3-12,19-20,24-25,27,30H,13-18H2,1-2H3/t24?,25?,27?,30?,31-/m0/s1. The molecule has 0 amide bonds. The smallest absolute Gasteiger partial charge is 0.339 e. The fourth-order valence-electron chi connectivity index (χ4n) is 7.26. The van der Waals surface area contributed by atoms with Crippen LogP contribution in [0, 0.1) is 17.3 Å². The summed E-state index contributed by atoms with van der Waals surface area (Å²) in [5.41, 5.74) is 2.66. The van der Waals surface area contributed by atoms with E-state index in [2.05, 4.69) is 31.2 Å². The van der Waals surface area contributed by atoms with Crippen LogP contribution in [0.4, 0.5) is 0 Å². The molecular formula is C31H34O5S2. The van der Waals surface area contributed by atoms with Crippen LogP contribution in [0.5, 0.6) is 11.5 Å². The number of benzene rings is 3. The average molecular weight is 551 g/mol. The molecular weight excluding hydrogens is 516 g/mol. The van der Waals surface area contributed by atoms with E-state index in [1.165, 1.54) is 29.6 Å². The molecule has 7 heteroatoms. The number of methoxy groups -OCH3 is 1. The minimum atomic E-state index is -3.94. The van der Waals surface area contributed by atoms with Crippen LogP contribution in [0.2, 0.25) is 0 Å². The number of ether oxygens (including phenoxy) is 1. The summed E-state index contributed by atoms with van der Waals surface area (Å²) in [6.07, 6.45) is 6.80. The minimum Gasteiger partial charge on any atom is -0.493 e. The Labute approximate surface area is 230 Å². The van der Waals surface area contributed by atoms with Gasteiger partial charge < -0.3 is 13.1 Å². The van der Waals surface area contributed by atoms with Crippen molar-refractivity contribution in [3.05, 3.63) is 83.9 Å². The Bertz CT molecular complexity index is 1390. The highest BCUT2D eigenvalue weighted by molar-refractivity contribution is 7.94. The van der Waals surface area contributed by atoms with Crippen molar-refractivity contribution in [2.75, 3.05) is 7.11 Å². The van der Waals surface area contributed by atoms with Crippen LogP contribution in [0.3, 0.4) is 0 Å². The molecule has 3 aromatic rings. The van der Waals surface area contributed by atoms with Gasteiger partial charge in [0.25, 0.3) is 0 Å². The number of hydrogen-bond acceptors (Lipinski definition) is 6. The van der Waals surface area contributed by atoms with Crippen molar-refractivity contribution in [2.45, 2.75) is 67.3 Å². The van der Waals surface area contributed by atoms with E-state index in [0.717, 1.165) is 37.0 Å². The highest BCUT2D eigenvalue weighted by Gasteiger charge is 2.55. The Morgan fingerprint density at radius 3 is 2.37 bits per heavy atom. The van der Waals surface area contributed by atoms with Gasteiger partial charge in [-0.3, -0.25) is 0 Å². The van der Waals surface area contributed by atoms with E-state index in [1.54, 1.807) is 37.4 Å². The first-order chi connectivity index (χ1) is 18.4. The third-order valence-electron chi connectivity index (χ3n) is 9.16. The average Bonchev–Trinajstić information content (AvgIpc) is 3.28. The van der Waals surface area contributed by atoms with Crippen molar-refractivity contribution < 1.29 is 21.5 Å². The summed E-state index contributed by atoms with van der Waals surface area (Å²) in [5.74, 6) is 2.41. The lowest BCUT2D eigenvalue weighted by Crippen LogP contribution is -2.44. The second-order valence-electron chi connectivity index (χ2n) is 11.1. The lowest BCUT2D eigenvalue weighted by molar-refractivity contribution is -0.00290. The Morgan fingerprint density at radius 1 is 0.895 bits per heavy atom. The predicted molar refractivity (Wildman–Crippen MR) is 149 cm³/mol. The second-order valence-corrected chi connectivity index (χ2v) is 13.4. The van der Waals surface area contributed by atoms with Gasteiger partial charge in [0.1, 0.15) is 4.90 Å². The van der Waals surface area contributed by atoms with Gasteiger partial charge in [-0.1, -0.05) is 43.3 Å². The normalized spacial score (nSPS) is 28.2. The van der Waals surface area contributed by atoms with Crippen LogP contribution >= 0.6 is 12.0 Å². The molecule has 0 bridgehead atoms. The molecule has 2 fully saturated rings. The topological polar surface area (TPSA) is 61.8 Å². The molecule has 5 nitrogen and oxygen atoms in total. The van der Waals surface area contributed by atoms with Crippen LogP contribution < -0.4 is 8.92 Å². The minimum absolute atomic E-state index is 0.134. The van der Waals surface area contributed by atoms with Gasteiger partial charge in [-0.05, 0) is 109 Å². The van der Waals surface area contributed by atoms with Crippen molar-refractivity contribution in [1.82, 2.24) is 0 Å². The van der Waals surface area contributed by atoms with Gasteiger partial charge in [-0.15, -0.1) is 0 Å². The molecule has 6 rings (SSSR count). The largest absolute Gasteiger partial charge is 0.493 e. The zero-order valence-electron chi connectivity index (χ0n) is 21.8. The van der Waals surface area contributed by atoms with Crippen molar-refractivity contribution >= 4 is 22.2 Å². The Kier molecular flexibility index (Phi) is 6.95. The molecule has 5 atom stereocenters. The monoisotopic (exact) mass is 550 g/mol. The molecule has 0 N–H and O–H groups in total. The molecule has 3 aliphatic carbocycles. The molecule has 3 aromatic carbocycles. The van der Waals surface area contributed by atoms with Crippen LogP contribution in [-0.2, 0) is 20.7 Å². The molecule has 0 radical (unpaired) electrons. The van der Waals surface area contributed by atoms with Crippen molar-refractivity contribution in [3.8, 4) is 11.5 Å². The Hall–Kier alpha value is -2.48. The lowest BCUT2D eigenvalue weighted by atomic mass is 9.55. The van der Waals surface area contributed by atoms with E-state index in [4.69, 9.17) is 13.1 Å². The number of aryl methyl sites for hydroxylation is 1. The molecule has 4 unspecified atom stereocenters. The third-order valence-corrected chi connectivity index (χ3v) is 11.2. The summed E-state index contributed by atoms with van der Waals surface area (Å²) in [5, 5.41) is 0.